The zero-order valence-corrected chi connectivity index (χ0v) is 11.0. The number of nitrogens with two attached hydrogens (primary N) is 1. The van der Waals surface area contributed by atoms with Gasteiger partial charge in [-0.15, -0.1) is 0 Å². The van der Waals surface area contributed by atoms with E-state index in [1.54, 1.807) is 6.92 Å². The Balaban J connectivity index is 1.97. The van der Waals surface area contributed by atoms with Crippen molar-refractivity contribution in [3.05, 3.63) is 35.4 Å². The van der Waals surface area contributed by atoms with Crippen molar-refractivity contribution in [3.8, 4) is 0 Å². The molecule has 5 heteroatoms. The predicted octanol–water partition coefficient (Wildman–Crippen LogP) is 1.04. The van der Waals surface area contributed by atoms with Gasteiger partial charge in [0.15, 0.2) is 5.84 Å². The van der Waals surface area contributed by atoms with Gasteiger partial charge >= 0.3 is 0 Å². The van der Waals surface area contributed by atoms with Crippen LogP contribution in [0.15, 0.2) is 29.4 Å². The molecular weight excluding hydrogens is 242 g/mol. The number of oxime groups is 1. The first kappa shape index (κ1) is 13.4. The molecule has 1 aromatic rings. The monoisotopic (exact) mass is 261 g/mol. The molecule has 4 N–H and O–H groups in total. The maximum atomic E-state index is 11.9. The van der Waals surface area contributed by atoms with Gasteiger partial charge in [0.05, 0.1) is 5.92 Å². The van der Waals surface area contributed by atoms with Gasteiger partial charge in [0, 0.05) is 6.04 Å². The maximum Gasteiger partial charge on any atom is 0.230 e. The van der Waals surface area contributed by atoms with E-state index in [-0.39, 0.29) is 17.8 Å². The standard InChI is InChI=1S/C14H19N3O2/c1-9(13(15)17-19)14(18)16-12-7-6-10-4-2-3-5-11(10)8-12/h2-5,9,12,19H,6-8H2,1H3,(H2,15,17)(H,16,18). The highest BCUT2D eigenvalue weighted by molar-refractivity contribution is 6.01. The Labute approximate surface area is 112 Å². The Morgan fingerprint density at radius 3 is 2.84 bits per heavy atom. The van der Waals surface area contributed by atoms with E-state index in [2.05, 4.69) is 22.6 Å². The zero-order chi connectivity index (χ0) is 13.8. The molecule has 0 aromatic heterocycles. The van der Waals surface area contributed by atoms with Crippen LogP contribution in [0.3, 0.4) is 0 Å². The van der Waals surface area contributed by atoms with E-state index in [0.717, 1.165) is 19.3 Å². The van der Waals surface area contributed by atoms with Crippen LogP contribution < -0.4 is 11.1 Å². The number of amides is 1. The fraction of sp³-hybridized carbons (Fsp3) is 0.429. The lowest BCUT2D eigenvalue weighted by atomic mass is 9.88. The fourth-order valence-electron chi connectivity index (χ4n) is 2.37. The summed E-state index contributed by atoms with van der Waals surface area (Å²) in [7, 11) is 0. The van der Waals surface area contributed by atoms with Crippen molar-refractivity contribution in [2.75, 3.05) is 0 Å². The summed E-state index contributed by atoms with van der Waals surface area (Å²) in [5.74, 6) is -0.865. The summed E-state index contributed by atoms with van der Waals surface area (Å²) in [6.45, 7) is 1.63. The van der Waals surface area contributed by atoms with E-state index in [9.17, 15) is 4.79 Å². The van der Waals surface area contributed by atoms with Crippen LogP contribution in [0, 0.1) is 5.92 Å². The van der Waals surface area contributed by atoms with E-state index in [4.69, 9.17) is 10.9 Å². The molecule has 0 bridgehead atoms. The number of hydrogen-bond acceptors (Lipinski definition) is 3. The molecule has 102 valence electrons. The number of carbonyl (C=O) groups excluding carboxylic acids is 1. The lowest BCUT2D eigenvalue weighted by molar-refractivity contribution is -0.123. The van der Waals surface area contributed by atoms with E-state index in [1.807, 2.05) is 12.1 Å². The molecule has 2 atom stereocenters. The quantitative estimate of drug-likeness (QED) is 0.329. The first-order valence-electron chi connectivity index (χ1n) is 6.46. The van der Waals surface area contributed by atoms with Crippen molar-refractivity contribution in [3.63, 3.8) is 0 Å². The van der Waals surface area contributed by atoms with Crippen molar-refractivity contribution in [1.82, 2.24) is 5.32 Å². The number of nitrogens with one attached hydrogen (secondary N) is 1. The molecule has 19 heavy (non-hydrogen) atoms. The highest BCUT2D eigenvalue weighted by Crippen LogP contribution is 2.21. The van der Waals surface area contributed by atoms with Gasteiger partial charge in [0.1, 0.15) is 0 Å². The van der Waals surface area contributed by atoms with Crippen LogP contribution in [0.2, 0.25) is 0 Å². The second kappa shape index (κ2) is 5.73. The summed E-state index contributed by atoms with van der Waals surface area (Å²) in [5, 5.41) is 14.4. The molecule has 0 radical (unpaired) electrons. The Bertz CT molecular complexity index is 499. The second-order valence-electron chi connectivity index (χ2n) is 4.96. The van der Waals surface area contributed by atoms with Gasteiger partial charge < -0.3 is 16.3 Å². The summed E-state index contributed by atoms with van der Waals surface area (Å²) >= 11 is 0. The molecule has 1 aliphatic rings. The molecule has 1 aliphatic carbocycles. The molecule has 2 unspecified atom stereocenters. The highest BCUT2D eigenvalue weighted by Gasteiger charge is 2.23. The minimum Gasteiger partial charge on any atom is -0.409 e. The van der Waals surface area contributed by atoms with Gasteiger partial charge in [0.25, 0.3) is 0 Å². The van der Waals surface area contributed by atoms with Crippen molar-refractivity contribution >= 4 is 11.7 Å². The molecule has 5 nitrogen and oxygen atoms in total. The normalized spacial score (nSPS) is 20.5. The number of hydrogen-bond donors (Lipinski definition) is 3. The maximum absolute atomic E-state index is 11.9. The lowest BCUT2D eigenvalue weighted by Gasteiger charge is -2.26. The first-order valence-corrected chi connectivity index (χ1v) is 6.46. The summed E-state index contributed by atoms with van der Waals surface area (Å²) < 4.78 is 0. The average molecular weight is 261 g/mol. The van der Waals surface area contributed by atoms with Gasteiger partial charge in [-0.25, -0.2) is 0 Å². The van der Waals surface area contributed by atoms with Gasteiger partial charge in [-0.05, 0) is 37.3 Å². The highest BCUT2D eigenvalue weighted by atomic mass is 16.4. The van der Waals surface area contributed by atoms with Crippen molar-refractivity contribution in [1.29, 1.82) is 0 Å². The van der Waals surface area contributed by atoms with Crippen LogP contribution in [0.4, 0.5) is 0 Å². The third kappa shape index (κ3) is 3.05. The third-order valence-corrected chi connectivity index (χ3v) is 3.65. The number of rotatable bonds is 3. The molecule has 1 amide bonds. The Hall–Kier alpha value is -2.04. The van der Waals surface area contributed by atoms with Gasteiger partial charge in [-0.3, -0.25) is 4.79 Å². The van der Waals surface area contributed by atoms with Crippen LogP contribution in [-0.4, -0.2) is 23.0 Å². The molecule has 1 aromatic carbocycles. The van der Waals surface area contributed by atoms with Crippen LogP contribution in [0.25, 0.3) is 0 Å². The van der Waals surface area contributed by atoms with Crippen LogP contribution >= 0.6 is 0 Å². The van der Waals surface area contributed by atoms with Gasteiger partial charge in [0.2, 0.25) is 5.91 Å². The number of nitrogens with zero attached hydrogens (tertiary/aromatic N) is 1. The minimum atomic E-state index is -0.609. The summed E-state index contributed by atoms with van der Waals surface area (Å²) in [6.07, 6.45) is 2.73. The number of carbonyl (C=O) groups is 1. The molecule has 0 saturated heterocycles. The van der Waals surface area contributed by atoms with Gasteiger partial charge in [-0.2, -0.15) is 0 Å². The molecule has 2 rings (SSSR count). The molecule has 0 saturated carbocycles. The number of amidine groups is 1. The van der Waals surface area contributed by atoms with E-state index < -0.39 is 5.92 Å². The van der Waals surface area contributed by atoms with Crippen molar-refractivity contribution < 1.29 is 10.0 Å². The van der Waals surface area contributed by atoms with E-state index in [0.29, 0.717) is 0 Å². The summed E-state index contributed by atoms with van der Waals surface area (Å²) in [6, 6.07) is 8.41. The van der Waals surface area contributed by atoms with E-state index >= 15 is 0 Å². The fourth-order valence-corrected chi connectivity index (χ4v) is 2.37. The Morgan fingerprint density at radius 2 is 2.16 bits per heavy atom. The topological polar surface area (TPSA) is 87.7 Å². The summed E-state index contributed by atoms with van der Waals surface area (Å²) in [4.78, 5) is 11.9. The van der Waals surface area contributed by atoms with E-state index in [1.165, 1.54) is 11.1 Å². The first-order chi connectivity index (χ1) is 9.11. The van der Waals surface area contributed by atoms with Gasteiger partial charge in [-0.1, -0.05) is 29.4 Å². The minimum absolute atomic E-state index is 0.0614. The number of fused-ring (bicyclic) bond motifs is 1. The van der Waals surface area contributed by atoms with Crippen LogP contribution in [-0.2, 0) is 17.6 Å². The van der Waals surface area contributed by atoms with Crippen LogP contribution in [0.5, 0.6) is 0 Å². The SMILES string of the molecule is CC(C(=O)NC1CCc2ccccc2C1)C(N)=NO. The zero-order valence-electron chi connectivity index (χ0n) is 11.0. The van der Waals surface area contributed by atoms with Crippen molar-refractivity contribution in [2.24, 2.45) is 16.8 Å². The van der Waals surface area contributed by atoms with Crippen LogP contribution in [0.1, 0.15) is 24.5 Å². The summed E-state index contributed by atoms with van der Waals surface area (Å²) in [5.41, 5.74) is 8.08. The molecule has 0 fully saturated rings. The predicted molar refractivity (Wildman–Crippen MR) is 73.0 cm³/mol. The molecule has 0 heterocycles. The molecular formula is C14H19N3O2. The molecule has 0 aliphatic heterocycles. The smallest absolute Gasteiger partial charge is 0.230 e. The lowest BCUT2D eigenvalue weighted by Crippen LogP contribution is -2.44. The second-order valence-corrected chi connectivity index (χ2v) is 4.96. The number of aryl methyl sites for hydroxylation is 1. The number of benzene rings is 1. The Morgan fingerprint density at radius 1 is 1.47 bits per heavy atom. The largest absolute Gasteiger partial charge is 0.409 e. The average Bonchev–Trinajstić information content (AvgIpc) is 2.45. The Kier molecular flexibility index (Phi) is 4.04. The van der Waals surface area contributed by atoms with Crippen molar-refractivity contribution in [2.45, 2.75) is 32.2 Å². The molecule has 0 spiro atoms. The third-order valence-electron chi connectivity index (χ3n) is 3.65.